The lowest BCUT2D eigenvalue weighted by Gasteiger charge is -2.09. The van der Waals surface area contributed by atoms with Crippen LogP contribution in [0.1, 0.15) is 13.3 Å². The third-order valence-electron chi connectivity index (χ3n) is 2.87. The molecule has 2 aromatic rings. The van der Waals surface area contributed by atoms with E-state index in [1.54, 1.807) is 31.3 Å². The Hall–Kier alpha value is -2.15. The molecule has 1 N–H and O–H groups in total. The summed E-state index contributed by atoms with van der Waals surface area (Å²) in [4.78, 5) is 11.3. The molecule has 112 valence electrons. The zero-order valence-corrected chi connectivity index (χ0v) is 12.7. The number of hydrogen-bond donors (Lipinski definition) is 1. The van der Waals surface area contributed by atoms with Gasteiger partial charge in [0.15, 0.2) is 0 Å². The van der Waals surface area contributed by atoms with Gasteiger partial charge in [-0.05, 0) is 24.6 Å². The van der Waals surface area contributed by atoms with Crippen molar-refractivity contribution in [2.75, 3.05) is 10.5 Å². The zero-order chi connectivity index (χ0) is 15.5. The summed E-state index contributed by atoms with van der Waals surface area (Å²) in [6.45, 7) is 1.81. The molecule has 0 aliphatic carbocycles. The molecule has 0 bridgehead atoms. The summed E-state index contributed by atoms with van der Waals surface area (Å²) < 4.78 is 27.3. The van der Waals surface area contributed by atoms with Crippen molar-refractivity contribution in [3.8, 4) is 11.3 Å². The number of hydrogen-bond acceptors (Lipinski definition) is 4. The molecule has 2 rings (SSSR count). The van der Waals surface area contributed by atoms with Crippen molar-refractivity contribution in [2.45, 2.75) is 13.3 Å². The third kappa shape index (κ3) is 3.91. The SMILES string of the molecule is CCCS(=O)(=O)Nc1cccc(-c2ccc(=O)n(C)n2)c1. The Morgan fingerprint density at radius 3 is 2.67 bits per heavy atom. The largest absolute Gasteiger partial charge is 0.284 e. The van der Waals surface area contributed by atoms with Crippen LogP contribution in [-0.4, -0.2) is 24.0 Å². The maximum Gasteiger partial charge on any atom is 0.266 e. The fourth-order valence-electron chi connectivity index (χ4n) is 1.90. The van der Waals surface area contributed by atoms with Gasteiger partial charge in [-0.2, -0.15) is 5.10 Å². The molecule has 0 fully saturated rings. The summed E-state index contributed by atoms with van der Waals surface area (Å²) in [6, 6.07) is 9.97. The Morgan fingerprint density at radius 1 is 1.24 bits per heavy atom. The lowest BCUT2D eigenvalue weighted by atomic mass is 10.1. The summed E-state index contributed by atoms with van der Waals surface area (Å²) in [6.07, 6.45) is 0.553. The number of benzene rings is 1. The number of nitrogens with zero attached hydrogens (tertiary/aromatic N) is 2. The van der Waals surface area contributed by atoms with Crippen LogP contribution in [0.15, 0.2) is 41.2 Å². The summed E-state index contributed by atoms with van der Waals surface area (Å²) in [5, 5.41) is 4.14. The Morgan fingerprint density at radius 2 is 2.00 bits per heavy atom. The molecule has 1 aromatic heterocycles. The smallest absolute Gasteiger partial charge is 0.266 e. The first-order valence-corrected chi connectivity index (χ1v) is 8.22. The standard InChI is InChI=1S/C14H17N3O3S/c1-3-9-21(19,20)16-12-6-4-5-11(10-12)13-7-8-14(18)17(2)15-13/h4-8,10,16H,3,9H2,1-2H3. The maximum atomic E-state index is 11.8. The second-order valence-electron chi connectivity index (χ2n) is 4.68. The molecule has 0 saturated heterocycles. The number of aryl methyl sites for hydroxylation is 1. The van der Waals surface area contributed by atoms with E-state index in [0.29, 0.717) is 17.8 Å². The van der Waals surface area contributed by atoms with Crippen molar-refractivity contribution in [2.24, 2.45) is 7.05 Å². The van der Waals surface area contributed by atoms with Gasteiger partial charge < -0.3 is 0 Å². The molecule has 1 aromatic carbocycles. The van der Waals surface area contributed by atoms with E-state index in [1.807, 2.05) is 13.0 Å². The lowest BCUT2D eigenvalue weighted by Crippen LogP contribution is -2.18. The molecule has 0 unspecified atom stereocenters. The molecule has 0 radical (unpaired) electrons. The quantitative estimate of drug-likeness (QED) is 0.909. The van der Waals surface area contributed by atoms with Crippen molar-refractivity contribution in [3.63, 3.8) is 0 Å². The molecule has 6 nitrogen and oxygen atoms in total. The summed E-state index contributed by atoms with van der Waals surface area (Å²) in [5.41, 5.74) is 1.63. The highest BCUT2D eigenvalue weighted by molar-refractivity contribution is 7.92. The van der Waals surface area contributed by atoms with E-state index >= 15 is 0 Å². The fourth-order valence-corrected chi connectivity index (χ4v) is 3.02. The van der Waals surface area contributed by atoms with Crippen molar-refractivity contribution in [1.82, 2.24) is 9.78 Å². The van der Waals surface area contributed by atoms with Crippen molar-refractivity contribution < 1.29 is 8.42 Å². The highest BCUT2D eigenvalue weighted by Gasteiger charge is 2.09. The predicted octanol–water partition coefficient (Wildman–Crippen LogP) is 1.60. The summed E-state index contributed by atoms with van der Waals surface area (Å²) >= 11 is 0. The maximum absolute atomic E-state index is 11.8. The van der Waals surface area contributed by atoms with Gasteiger partial charge in [0.1, 0.15) is 0 Å². The topological polar surface area (TPSA) is 81.1 Å². The van der Waals surface area contributed by atoms with Crippen LogP contribution in [0.5, 0.6) is 0 Å². The highest BCUT2D eigenvalue weighted by atomic mass is 32.2. The van der Waals surface area contributed by atoms with Gasteiger partial charge >= 0.3 is 0 Å². The predicted molar refractivity (Wildman–Crippen MR) is 82.6 cm³/mol. The number of rotatable bonds is 5. The summed E-state index contributed by atoms with van der Waals surface area (Å²) in [7, 11) is -1.76. The normalized spacial score (nSPS) is 11.3. The molecule has 0 saturated carbocycles. The zero-order valence-electron chi connectivity index (χ0n) is 11.9. The van der Waals surface area contributed by atoms with Crippen LogP contribution in [0.25, 0.3) is 11.3 Å². The monoisotopic (exact) mass is 307 g/mol. The average Bonchev–Trinajstić information content (AvgIpc) is 2.41. The van der Waals surface area contributed by atoms with Crippen LogP contribution >= 0.6 is 0 Å². The van der Waals surface area contributed by atoms with Gasteiger partial charge in [0.05, 0.1) is 11.4 Å². The third-order valence-corrected chi connectivity index (χ3v) is 4.36. The van der Waals surface area contributed by atoms with Gasteiger partial charge in [-0.3, -0.25) is 9.52 Å². The molecule has 0 aliphatic rings. The lowest BCUT2D eigenvalue weighted by molar-refractivity contribution is 0.600. The van der Waals surface area contributed by atoms with Crippen LogP contribution in [0.4, 0.5) is 5.69 Å². The van der Waals surface area contributed by atoms with E-state index in [4.69, 9.17) is 0 Å². The van der Waals surface area contributed by atoms with E-state index in [2.05, 4.69) is 9.82 Å². The van der Waals surface area contributed by atoms with E-state index < -0.39 is 10.0 Å². The average molecular weight is 307 g/mol. The van der Waals surface area contributed by atoms with Crippen molar-refractivity contribution in [1.29, 1.82) is 0 Å². The molecule has 0 atom stereocenters. The number of anilines is 1. The van der Waals surface area contributed by atoms with E-state index in [1.165, 1.54) is 10.7 Å². The number of sulfonamides is 1. The first-order chi connectivity index (χ1) is 9.91. The van der Waals surface area contributed by atoms with Crippen LogP contribution in [0, 0.1) is 0 Å². The van der Waals surface area contributed by atoms with E-state index in [0.717, 1.165) is 5.56 Å². The minimum absolute atomic E-state index is 0.0787. The summed E-state index contributed by atoms with van der Waals surface area (Å²) in [5.74, 6) is 0.0787. The van der Waals surface area contributed by atoms with E-state index in [-0.39, 0.29) is 11.3 Å². The molecule has 0 spiro atoms. The first kappa shape index (κ1) is 15.2. The van der Waals surface area contributed by atoms with Crippen LogP contribution in [-0.2, 0) is 17.1 Å². The highest BCUT2D eigenvalue weighted by Crippen LogP contribution is 2.20. The van der Waals surface area contributed by atoms with Crippen LogP contribution in [0.3, 0.4) is 0 Å². The van der Waals surface area contributed by atoms with Gasteiger partial charge in [-0.25, -0.2) is 13.1 Å². The first-order valence-electron chi connectivity index (χ1n) is 6.56. The number of nitrogens with one attached hydrogen (secondary N) is 1. The molecular formula is C14H17N3O3S. The minimum atomic E-state index is -3.32. The Bertz CT molecular complexity index is 797. The van der Waals surface area contributed by atoms with Gasteiger partial charge in [0.25, 0.3) is 5.56 Å². The van der Waals surface area contributed by atoms with Gasteiger partial charge in [0, 0.05) is 24.4 Å². The number of aromatic nitrogens is 2. The van der Waals surface area contributed by atoms with Gasteiger partial charge in [-0.15, -0.1) is 0 Å². The molecule has 1 heterocycles. The minimum Gasteiger partial charge on any atom is -0.284 e. The van der Waals surface area contributed by atoms with Crippen LogP contribution in [0.2, 0.25) is 0 Å². The van der Waals surface area contributed by atoms with Gasteiger partial charge in [-0.1, -0.05) is 19.1 Å². The second-order valence-corrected chi connectivity index (χ2v) is 6.52. The Labute approximate surface area is 123 Å². The fraction of sp³-hybridized carbons (Fsp3) is 0.286. The molecule has 7 heteroatoms. The molecule has 0 amide bonds. The Balaban J connectivity index is 2.33. The van der Waals surface area contributed by atoms with Crippen molar-refractivity contribution in [3.05, 3.63) is 46.8 Å². The van der Waals surface area contributed by atoms with Crippen LogP contribution < -0.4 is 10.3 Å². The molecule has 0 aliphatic heterocycles. The van der Waals surface area contributed by atoms with Gasteiger partial charge in [0.2, 0.25) is 10.0 Å². The molecule has 21 heavy (non-hydrogen) atoms. The molecular weight excluding hydrogens is 290 g/mol. The Kier molecular flexibility index (Phi) is 4.42. The second kappa shape index (κ2) is 6.09. The van der Waals surface area contributed by atoms with Crippen molar-refractivity contribution >= 4 is 15.7 Å². The van der Waals surface area contributed by atoms with E-state index in [9.17, 15) is 13.2 Å².